The number of amides is 1. The number of rotatable bonds is 4. The Balaban J connectivity index is 1.46. The lowest BCUT2D eigenvalue weighted by Gasteiger charge is -2.31. The first-order valence-electron chi connectivity index (χ1n) is 9.83. The van der Waals surface area contributed by atoms with Crippen molar-refractivity contribution in [1.29, 1.82) is 0 Å². The Labute approximate surface area is 165 Å². The van der Waals surface area contributed by atoms with Gasteiger partial charge in [0.15, 0.2) is 0 Å². The maximum Gasteiger partial charge on any atom is 0.254 e. The molecule has 6 heteroatoms. The third kappa shape index (κ3) is 3.64. The van der Waals surface area contributed by atoms with E-state index >= 15 is 0 Å². The molecule has 1 aliphatic heterocycles. The van der Waals surface area contributed by atoms with Crippen LogP contribution in [-0.2, 0) is 13.6 Å². The van der Waals surface area contributed by atoms with Gasteiger partial charge in [0.25, 0.3) is 5.91 Å². The summed E-state index contributed by atoms with van der Waals surface area (Å²) in [5.74, 6) is 0.520. The fourth-order valence-corrected chi connectivity index (χ4v) is 4.04. The van der Waals surface area contributed by atoms with E-state index in [1.165, 1.54) is 5.69 Å². The SMILES string of the molecule is CN(C)Cc1cc(C2CCN(C(=O)c3cccc4ncccc34)CC2)nn1C. The van der Waals surface area contributed by atoms with Crippen LogP contribution >= 0.6 is 0 Å². The molecule has 0 saturated carbocycles. The smallest absolute Gasteiger partial charge is 0.254 e. The predicted octanol–water partition coefficient (Wildman–Crippen LogP) is 3.05. The van der Waals surface area contributed by atoms with Crippen molar-refractivity contribution in [1.82, 2.24) is 24.6 Å². The Kier molecular flexibility index (Phi) is 5.13. The van der Waals surface area contributed by atoms with E-state index in [0.29, 0.717) is 5.92 Å². The van der Waals surface area contributed by atoms with Crippen molar-refractivity contribution in [3.8, 4) is 0 Å². The van der Waals surface area contributed by atoms with Gasteiger partial charge in [0.2, 0.25) is 0 Å². The summed E-state index contributed by atoms with van der Waals surface area (Å²) in [5.41, 5.74) is 3.99. The van der Waals surface area contributed by atoms with Gasteiger partial charge in [-0.3, -0.25) is 14.5 Å². The molecule has 146 valence electrons. The van der Waals surface area contributed by atoms with Crippen molar-refractivity contribution in [3.63, 3.8) is 0 Å². The van der Waals surface area contributed by atoms with Gasteiger partial charge < -0.3 is 9.80 Å². The Morgan fingerprint density at radius 1 is 1.18 bits per heavy atom. The fraction of sp³-hybridized carbons (Fsp3) is 0.409. The molecule has 3 heterocycles. The van der Waals surface area contributed by atoms with E-state index in [1.54, 1.807) is 6.20 Å². The number of aromatic nitrogens is 3. The average molecular weight is 377 g/mol. The number of aryl methyl sites for hydroxylation is 1. The minimum Gasteiger partial charge on any atom is -0.339 e. The number of fused-ring (bicyclic) bond motifs is 1. The molecule has 0 unspecified atom stereocenters. The van der Waals surface area contributed by atoms with Crippen LogP contribution < -0.4 is 0 Å². The summed E-state index contributed by atoms with van der Waals surface area (Å²) in [7, 11) is 6.15. The van der Waals surface area contributed by atoms with Crippen molar-refractivity contribution in [2.75, 3.05) is 27.2 Å². The van der Waals surface area contributed by atoms with Gasteiger partial charge in [0.1, 0.15) is 0 Å². The monoisotopic (exact) mass is 377 g/mol. The fourth-order valence-electron chi connectivity index (χ4n) is 4.04. The van der Waals surface area contributed by atoms with Gasteiger partial charge in [-0.15, -0.1) is 0 Å². The molecule has 0 spiro atoms. The lowest BCUT2D eigenvalue weighted by atomic mass is 9.93. The molecular weight excluding hydrogens is 350 g/mol. The highest BCUT2D eigenvalue weighted by atomic mass is 16.2. The van der Waals surface area contributed by atoms with Crippen molar-refractivity contribution in [2.45, 2.75) is 25.3 Å². The van der Waals surface area contributed by atoms with Crippen molar-refractivity contribution in [3.05, 3.63) is 59.5 Å². The molecule has 0 atom stereocenters. The van der Waals surface area contributed by atoms with Gasteiger partial charge in [-0.2, -0.15) is 5.10 Å². The number of carbonyl (C=O) groups is 1. The molecule has 6 nitrogen and oxygen atoms in total. The summed E-state index contributed by atoms with van der Waals surface area (Å²) in [4.78, 5) is 21.6. The number of benzene rings is 1. The molecule has 1 amide bonds. The summed E-state index contributed by atoms with van der Waals surface area (Å²) < 4.78 is 1.98. The standard InChI is InChI=1S/C22H27N5O/c1-25(2)15-17-14-21(24-26(17)3)16-9-12-27(13-10-16)22(28)19-6-4-8-20-18(19)7-5-11-23-20/h4-8,11,14,16H,9-10,12-13,15H2,1-3H3. The number of piperidine rings is 1. The van der Waals surface area contributed by atoms with Crippen LogP contribution in [0.5, 0.6) is 0 Å². The number of hydrogen-bond acceptors (Lipinski definition) is 4. The topological polar surface area (TPSA) is 54.3 Å². The van der Waals surface area contributed by atoms with Crippen LogP contribution in [0.3, 0.4) is 0 Å². The maximum atomic E-state index is 13.1. The lowest BCUT2D eigenvalue weighted by molar-refractivity contribution is 0.0714. The van der Waals surface area contributed by atoms with Crippen LogP contribution in [0.2, 0.25) is 0 Å². The third-order valence-electron chi connectivity index (χ3n) is 5.55. The van der Waals surface area contributed by atoms with Crippen LogP contribution in [0.1, 0.15) is 40.5 Å². The summed E-state index contributed by atoms with van der Waals surface area (Å²) in [6.07, 6.45) is 3.67. The minimum atomic E-state index is 0.103. The van der Waals surface area contributed by atoms with E-state index in [4.69, 9.17) is 5.10 Å². The second kappa shape index (κ2) is 7.72. The van der Waals surface area contributed by atoms with Gasteiger partial charge in [0, 0.05) is 49.7 Å². The van der Waals surface area contributed by atoms with Crippen molar-refractivity contribution >= 4 is 16.8 Å². The van der Waals surface area contributed by atoms with Gasteiger partial charge in [-0.25, -0.2) is 0 Å². The van der Waals surface area contributed by atoms with E-state index in [-0.39, 0.29) is 5.91 Å². The second-order valence-electron chi connectivity index (χ2n) is 7.86. The largest absolute Gasteiger partial charge is 0.339 e. The van der Waals surface area contributed by atoms with Gasteiger partial charge >= 0.3 is 0 Å². The van der Waals surface area contributed by atoms with Crippen LogP contribution in [0.15, 0.2) is 42.6 Å². The van der Waals surface area contributed by atoms with Crippen molar-refractivity contribution < 1.29 is 4.79 Å². The van der Waals surface area contributed by atoms with E-state index < -0.39 is 0 Å². The molecule has 0 bridgehead atoms. The minimum absolute atomic E-state index is 0.103. The van der Waals surface area contributed by atoms with E-state index in [1.807, 2.05) is 47.0 Å². The quantitative estimate of drug-likeness (QED) is 0.701. The Bertz CT molecular complexity index is 980. The first kappa shape index (κ1) is 18.6. The number of pyridine rings is 1. The number of carbonyl (C=O) groups excluding carboxylic acids is 1. The van der Waals surface area contributed by atoms with Gasteiger partial charge in [0.05, 0.1) is 16.9 Å². The highest BCUT2D eigenvalue weighted by Gasteiger charge is 2.27. The summed E-state index contributed by atoms with van der Waals surface area (Å²) in [6.45, 7) is 2.41. The number of hydrogen-bond donors (Lipinski definition) is 0. The zero-order valence-electron chi connectivity index (χ0n) is 16.8. The predicted molar refractivity (Wildman–Crippen MR) is 110 cm³/mol. The summed E-state index contributed by atoms with van der Waals surface area (Å²) >= 11 is 0. The maximum absolute atomic E-state index is 13.1. The zero-order chi connectivity index (χ0) is 19.7. The second-order valence-corrected chi connectivity index (χ2v) is 7.86. The number of nitrogens with zero attached hydrogens (tertiary/aromatic N) is 5. The molecule has 0 radical (unpaired) electrons. The number of likely N-dealkylation sites (tertiary alicyclic amines) is 1. The van der Waals surface area contributed by atoms with Gasteiger partial charge in [-0.05, 0) is 51.2 Å². The highest BCUT2D eigenvalue weighted by Crippen LogP contribution is 2.29. The van der Waals surface area contributed by atoms with Crippen molar-refractivity contribution in [2.24, 2.45) is 7.05 Å². The van der Waals surface area contributed by atoms with Crippen LogP contribution in [0.25, 0.3) is 10.9 Å². The first-order chi connectivity index (χ1) is 13.5. The molecule has 2 aromatic heterocycles. The molecule has 3 aromatic rings. The molecule has 1 aromatic carbocycles. The molecule has 0 N–H and O–H groups in total. The van der Waals surface area contributed by atoms with Crippen LogP contribution in [0, 0.1) is 0 Å². The molecule has 1 aliphatic rings. The third-order valence-corrected chi connectivity index (χ3v) is 5.55. The van der Waals surface area contributed by atoms with E-state index in [0.717, 1.165) is 54.6 Å². The zero-order valence-corrected chi connectivity index (χ0v) is 16.8. The lowest BCUT2D eigenvalue weighted by Crippen LogP contribution is -2.38. The molecule has 1 fully saturated rings. The highest BCUT2D eigenvalue weighted by molar-refractivity contribution is 6.06. The Morgan fingerprint density at radius 2 is 1.96 bits per heavy atom. The first-order valence-corrected chi connectivity index (χ1v) is 9.83. The van der Waals surface area contributed by atoms with E-state index in [2.05, 4.69) is 30.0 Å². The van der Waals surface area contributed by atoms with E-state index in [9.17, 15) is 4.79 Å². The molecule has 28 heavy (non-hydrogen) atoms. The van der Waals surface area contributed by atoms with Crippen LogP contribution in [-0.4, -0.2) is 57.7 Å². The normalized spacial score (nSPS) is 15.5. The molecular formula is C22H27N5O. The molecule has 0 aliphatic carbocycles. The summed E-state index contributed by atoms with van der Waals surface area (Å²) in [6, 6.07) is 11.9. The summed E-state index contributed by atoms with van der Waals surface area (Å²) in [5, 5.41) is 5.66. The Morgan fingerprint density at radius 3 is 2.71 bits per heavy atom. The van der Waals surface area contributed by atoms with Crippen LogP contribution in [0.4, 0.5) is 0 Å². The molecule has 1 saturated heterocycles. The molecule has 4 rings (SSSR count). The average Bonchev–Trinajstić information content (AvgIpc) is 3.07. The Hall–Kier alpha value is -2.73. The van der Waals surface area contributed by atoms with Gasteiger partial charge in [-0.1, -0.05) is 12.1 Å².